The van der Waals surface area contributed by atoms with Gasteiger partial charge in [0.25, 0.3) is 0 Å². The molecule has 0 radical (unpaired) electrons. The molecule has 230 valence electrons. The van der Waals surface area contributed by atoms with Crippen LogP contribution in [0.25, 0.3) is 16.7 Å². The van der Waals surface area contributed by atoms with Crippen molar-refractivity contribution >= 4 is 39.9 Å². The van der Waals surface area contributed by atoms with E-state index in [1.807, 2.05) is 30.0 Å². The number of hydrogen-bond acceptors (Lipinski definition) is 10. The van der Waals surface area contributed by atoms with E-state index in [9.17, 15) is 4.79 Å². The Kier molecular flexibility index (Phi) is 7.33. The summed E-state index contributed by atoms with van der Waals surface area (Å²) in [7, 11) is 3.88. The summed E-state index contributed by atoms with van der Waals surface area (Å²) in [5.74, 6) is -0.247. The highest BCUT2D eigenvalue weighted by Gasteiger charge is 2.35. The second-order valence-electron chi connectivity index (χ2n) is 11.1. The van der Waals surface area contributed by atoms with Crippen molar-refractivity contribution in [2.24, 2.45) is 0 Å². The molecule has 0 spiro atoms. The number of rotatable bonds is 7. The largest absolute Gasteiger partial charge is 0.487 e. The number of amides is 1. The second-order valence-corrected chi connectivity index (χ2v) is 11.1. The van der Waals surface area contributed by atoms with Crippen LogP contribution >= 0.6 is 0 Å². The minimum Gasteiger partial charge on any atom is -0.487 e. The molecule has 14 heteroatoms. The van der Waals surface area contributed by atoms with Gasteiger partial charge < -0.3 is 33.9 Å². The van der Waals surface area contributed by atoms with Crippen molar-refractivity contribution in [1.82, 2.24) is 34.1 Å². The highest BCUT2D eigenvalue weighted by atomic mass is 19.1. The fourth-order valence-electron chi connectivity index (χ4n) is 5.42. The monoisotopic (exact) mass is 613 g/mol. The first-order chi connectivity index (χ1) is 21.8. The number of pyridine rings is 2. The van der Waals surface area contributed by atoms with Crippen molar-refractivity contribution in [2.45, 2.75) is 6.04 Å². The van der Waals surface area contributed by atoms with Crippen LogP contribution in [0.1, 0.15) is 0 Å². The van der Waals surface area contributed by atoms with E-state index in [-0.39, 0.29) is 29.2 Å². The molecule has 12 nitrogen and oxygen atoms in total. The smallest absolute Gasteiger partial charge is 0.246 e. The summed E-state index contributed by atoms with van der Waals surface area (Å²) >= 11 is 0. The summed E-state index contributed by atoms with van der Waals surface area (Å²) < 4.78 is 43.9. The Morgan fingerprint density at radius 3 is 2.89 bits per heavy atom. The zero-order chi connectivity index (χ0) is 31.1. The molecule has 1 N–H and O–H groups in total. The summed E-state index contributed by atoms with van der Waals surface area (Å²) in [5, 5.41) is 2.87. The van der Waals surface area contributed by atoms with Gasteiger partial charge in [0.15, 0.2) is 34.8 Å². The Bertz CT molecular complexity index is 1950. The van der Waals surface area contributed by atoms with Crippen LogP contribution < -0.4 is 19.7 Å². The minimum atomic E-state index is -0.772. The summed E-state index contributed by atoms with van der Waals surface area (Å²) in [6.45, 7) is 2.55. The van der Waals surface area contributed by atoms with E-state index in [1.54, 1.807) is 47.3 Å². The Balaban J connectivity index is 1.12. The van der Waals surface area contributed by atoms with Crippen molar-refractivity contribution in [3.8, 4) is 17.2 Å². The molecule has 45 heavy (non-hydrogen) atoms. The normalized spacial score (nSPS) is 16.2. The number of hydrogen-bond donors (Lipinski definition) is 1. The van der Waals surface area contributed by atoms with Gasteiger partial charge in [-0.15, -0.1) is 0 Å². The van der Waals surface area contributed by atoms with Crippen LogP contribution in [0.4, 0.5) is 26.1 Å². The Morgan fingerprint density at radius 2 is 2.02 bits per heavy atom. The number of carbonyl (C=O) groups is 1. The van der Waals surface area contributed by atoms with Gasteiger partial charge in [0.05, 0.1) is 17.2 Å². The number of likely N-dealkylation sites (N-methyl/N-ethyl adjacent to an activating group) is 1. The molecule has 1 fully saturated rings. The third-order valence-corrected chi connectivity index (χ3v) is 7.66. The zero-order valence-corrected chi connectivity index (χ0v) is 24.5. The van der Waals surface area contributed by atoms with Crippen LogP contribution in [0.15, 0.2) is 67.4 Å². The first-order valence-corrected chi connectivity index (χ1v) is 14.3. The average molecular weight is 614 g/mol. The molecule has 1 atom stereocenters. The molecule has 2 aliphatic rings. The van der Waals surface area contributed by atoms with Crippen LogP contribution in [0.3, 0.4) is 0 Å². The molecular weight excluding hydrogens is 584 g/mol. The summed E-state index contributed by atoms with van der Waals surface area (Å²) in [6.07, 6.45) is 9.87. The maximum Gasteiger partial charge on any atom is 0.246 e. The van der Waals surface area contributed by atoms with Gasteiger partial charge >= 0.3 is 0 Å². The summed E-state index contributed by atoms with van der Waals surface area (Å²) in [4.78, 5) is 36.4. The predicted octanol–water partition coefficient (Wildman–Crippen LogP) is 4.01. The van der Waals surface area contributed by atoms with Crippen LogP contribution in [0.2, 0.25) is 0 Å². The molecule has 2 aliphatic heterocycles. The molecule has 6 heterocycles. The van der Waals surface area contributed by atoms with Gasteiger partial charge in [-0.25, -0.2) is 28.7 Å². The molecule has 1 aromatic carbocycles. The lowest BCUT2D eigenvalue weighted by molar-refractivity contribution is -0.129. The number of benzene rings is 1. The number of imidazole rings is 1. The lowest BCUT2D eigenvalue weighted by Gasteiger charge is -2.39. The highest BCUT2D eigenvalue weighted by Crippen LogP contribution is 2.37. The number of nitrogens with zero attached hydrogens (tertiary/aromatic N) is 8. The maximum absolute atomic E-state index is 15.3. The number of ether oxygens (including phenoxy) is 2. The lowest BCUT2D eigenvalue weighted by atomic mass is 10.1. The lowest BCUT2D eigenvalue weighted by Crippen LogP contribution is -2.56. The number of fused-ring (bicyclic) bond motifs is 6. The van der Waals surface area contributed by atoms with Crippen molar-refractivity contribution in [2.75, 3.05) is 57.1 Å². The van der Waals surface area contributed by atoms with Crippen LogP contribution in [0.5, 0.6) is 17.2 Å². The first kappa shape index (κ1) is 28.4. The van der Waals surface area contributed by atoms with E-state index >= 15 is 8.78 Å². The molecule has 0 aliphatic carbocycles. The molecule has 1 unspecified atom stereocenters. The van der Waals surface area contributed by atoms with Gasteiger partial charge in [-0.2, -0.15) is 0 Å². The molecule has 0 saturated carbocycles. The van der Waals surface area contributed by atoms with Gasteiger partial charge in [0, 0.05) is 75.1 Å². The quantitative estimate of drug-likeness (QED) is 0.270. The van der Waals surface area contributed by atoms with Crippen molar-refractivity contribution in [3.05, 3.63) is 79.0 Å². The van der Waals surface area contributed by atoms with E-state index < -0.39 is 11.6 Å². The predicted molar refractivity (Wildman–Crippen MR) is 163 cm³/mol. The molecule has 1 saturated heterocycles. The highest BCUT2D eigenvalue weighted by molar-refractivity contribution is 5.90. The number of carbonyl (C=O) groups excluding carboxylic acids is 1. The first-order valence-electron chi connectivity index (χ1n) is 14.3. The van der Waals surface area contributed by atoms with Crippen molar-refractivity contribution in [1.29, 1.82) is 0 Å². The van der Waals surface area contributed by atoms with E-state index in [0.29, 0.717) is 66.8 Å². The second kappa shape index (κ2) is 11.6. The Hall–Kier alpha value is -5.37. The molecule has 4 aromatic heterocycles. The Morgan fingerprint density at radius 1 is 1.13 bits per heavy atom. The van der Waals surface area contributed by atoms with Crippen molar-refractivity contribution in [3.63, 3.8) is 0 Å². The standard InChI is InChI=1S/C31H29F2N9O3/c1-39(2)7-3-4-28(43)42-11-10-41-16-19(42)17-44-26-15-24-29(38-31(26)41)30(36-18-35-24)37-23-13-22(33)25(14-21(23)32)45-20-5-8-40-9-6-34-27(40)12-20/h3-6,8-9,12-15,18-19H,7,10-11,16-17H2,1-2H3,(H,35,36,37)/b4-3+. The SMILES string of the molecule is CN(C)C/C=C/C(=O)N1CCN2CC1COc1cc3ncnc(Nc4cc(F)c(Oc5ccn6ccnc6c5)cc4F)c3nc12. The molecular formula is C31H29F2N9O3. The number of piperazine rings is 1. The van der Waals surface area contributed by atoms with E-state index in [4.69, 9.17) is 14.5 Å². The van der Waals surface area contributed by atoms with E-state index in [0.717, 1.165) is 12.1 Å². The minimum absolute atomic E-state index is 0.0590. The topological polar surface area (TPSA) is 113 Å². The maximum atomic E-state index is 15.3. The number of nitrogens with one attached hydrogen (secondary N) is 1. The zero-order valence-electron chi connectivity index (χ0n) is 24.5. The fraction of sp³-hybridized carbons (Fsp3) is 0.258. The van der Waals surface area contributed by atoms with Crippen molar-refractivity contribution < 1.29 is 23.0 Å². The van der Waals surface area contributed by atoms with E-state index in [1.165, 1.54) is 6.33 Å². The summed E-state index contributed by atoms with van der Waals surface area (Å²) in [6, 6.07) is 6.81. The Labute approximate surface area is 256 Å². The van der Waals surface area contributed by atoms with Gasteiger partial charge in [-0.1, -0.05) is 6.08 Å². The van der Waals surface area contributed by atoms with Crippen LogP contribution in [0, 0.1) is 11.6 Å². The molecule has 2 bridgehead atoms. The number of aromatic nitrogens is 5. The number of halogens is 2. The van der Waals surface area contributed by atoms with Gasteiger partial charge in [0.1, 0.15) is 29.8 Å². The number of anilines is 3. The van der Waals surface area contributed by atoms with Gasteiger partial charge in [-0.05, 0) is 20.2 Å². The average Bonchev–Trinajstić information content (AvgIpc) is 3.45. The third-order valence-electron chi connectivity index (χ3n) is 7.66. The third kappa shape index (κ3) is 5.67. The molecule has 1 amide bonds. The van der Waals surface area contributed by atoms with Gasteiger partial charge in [-0.3, -0.25) is 4.79 Å². The van der Waals surface area contributed by atoms with Crippen LogP contribution in [-0.4, -0.2) is 93.0 Å². The van der Waals surface area contributed by atoms with Gasteiger partial charge in [0.2, 0.25) is 5.91 Å². The summed E-state index contributed by atoms with van der Waals surface area (Å²) in [5.41, 5.74) is 1.28. The molecule has 5 aromatic rings. The molecule has 7 rings (SSSR count). The van der Waals surface area contributed by atoms with E-state index in [2.05, 4.69) is 25.2 Å². The van der Waals surface area contributed by atoms with Crippen LogP contribution in [-0.2, 0) is 4.79 Å². The fourth-order valence-corrected chi connectivity index (χ4v) is 5.42.